The van der Waals surface area contributed by atoms with Crippen LogP contribution in [0.4, 0.5) is 10.7 Å². The Morgan fingerprint density at radius 1 is 1.24 bits per heavy atom. The van der Waals surface area contributed by atoms with E-state index >= 15 is 0 Å². The molecule has 0 spiro atoms. The van der Waals surface area contributed by atoms with Crippen LogP contribution in [0.15, 0.2) is 12.4 Å². The van der Waals surface area contributed by atoms with Crippen molar-refractivity contribution >= 4 is 12.0 Å². The lowest BCUT2D eigenvalue weighted by Crippen LogP contribution is -2.48. The Morgan fingerprint density at radius 3 is 2.29 bits per heavy atom. The van der Waals surface area contributed by atoms with Crippen LogP contribution in [0.1, 0.15) is 12.8 Å². The largest absolute Gasteiger partial charge is 0.494 e. The fraction of sp³-hybridized carbons (Fsp3) is 0.643. The molecule has 2 rings (SSSR count). The highest BCUT2D eigenvalue weighted by molar-refractivity contribution is 5.73. The average Bonchev–Trinajstić information content (AvgIpc) is 2.53. The first-order chi connectivity index (χ1) is 10.0. The predicted molar refractivity (Wildman–Crippen MR) is 80.7 cm³/mol. The lowest BCUT2D eigenvalue weighted by molar-refractivity contribution is 0.155. The Kier molecular flexibility index (Phi) is 4.82. The van der Waals surface area contributed by atoms with Gasteiger partial charge in [0.1, 0.15) is 0 Å². The molecule has 7 nitrogen and oxygen atoms in total. The molecule has 116 valence electrons. The number of anilines is 1. The predicted octanol–water partition coefficient (Wildman–Crippen LogP) is 1.07. The minimum atomic E-state index is 0.0501. The molecule has 1 aromatic heterocycles. The monoisotopic (exact) mass is 293 g/mol. The first-order valence-electron chi connectivity index (χ1n) is 7.08. The Hall–Kier alpha value is -2.05. The highest BCUT2D eigenvalue weighted by atomic mass is 16.5. The van der Waals surface area contributed by atoms with E-state index in [0.29, 0.717) is 5.75 Å². The number of urea groups is 1. The summed E-state index contributed by atoms with van der Waals surface area (Å²) in [6.07, 6.45) is 5.20. The normalized spacial score (nSPS) is 15.7. The van der Waals surface area contributed by atoms with Crippen LogP contribution < -0.4 is 9.64 Å². The van der Waals surface area contributed by atoms with E-state index in [2.05, 4.69) is 14.9 Å². The maximum absolute atomic E-state index is 12.0. The average molecular weight is 293 g/mol. The van der Waals surface area contributed by atoms with Gasteiger partial charge in [0.15, 0.2) is 5.75 Å². The fourth-order valence-corrected chi connectivity index (χ4v) is 2.50. The van der Waals surface area contributed by atoms with Gasteiger partial charge in [0.25, 0.3) is 0 Å². The number of hydrogen-bond acceptors (Lipinski definition) is 5. The quantitative estimate of drug-likeness (QED) is 0.834. The molecule has 2 amide bonds. The van der Waals surface area contributed by atoms with E-state index in [1.54, 1.807) is 38.5 Å². The van der Waals surface area contributed by atoms with E-state index in [1.807, 2.05) is 11.9 Å². The molecule has 0 unspecified atom stereocenters. The number of nitrogens with zero attached hydrogens (tertiary/aromatic N) is 5. The van der Waals surface area contributed by atoms with Gasteiger partial charge >= 0.3 is 6.03 Å². The summed E-state index contributed by atoms with van der Waals surface area (Å²) in [5, 5.41) is 0. The summed E-state index contributed by atoms with van der Waals surface area (Å²) in [4.78, 5) is 26.2. The number of aromatic nitrogens is 2. The summed E-state index contributed by atoms with van der Waals surface area (Å²) in [5.41, 5.74) is 0. The maximum Gasteiger partial charge on any atom is 0.319 e. The molecule has 0 bridgehead atoms. The Bertz CT molecular complexity index is 469. The zero-order valence-electron chi connectivity index (χ0n) is 13.1. The second-order valence-electron chi connectivity index (χ2n) is 5.43. The SMILES string of the molecule is COc1cnc(N2CCC(N(C)C(=O)N(C)C)CC2)nc1. The summed E-state index contributed by atoms with van der Waals surface area (Å²) in [6, 6.07) is 0.323. The standard InChI is InChI=1S/C14H23N5O2/c1-17(2)14(20)18(3)11-5-7-19(8-6-11)13-15-9-12(21-4)10-16-13/h9-11H,5-8H2,1-4H3. The second-order valence-corrected chi connectivity index (χ2v) is 5.43. The van der Waals surface area contributed by atoms with Crippen molar-refractivity contribution < 1.29 is 9.53 Å². The van der Waals surface area contributed by atoms with Gasteiger partial charge in [-0.25, -0.2) is 14.8 Å². The van der Waals surface area contributed by atoms with Crippen LogP contribution >= 0.6 is 0 Å². The molecule has 0 atom stereocenters. The summed E-state index contributed by atoms with van der Waals surface area (Å²) >= 11 is 0. The first kappa shape index (κ1) is 15.3. The summed E-state index contributed by atoms with van der Waals surface area (Å²) in [7, 11) is 7.02. The van der Waals surface area contributed by atoms with Gasteiger partial charge in [-0.2, -0.15) is 0 Å². The second kappa shape index (κ2) is 6.60. The zero-order valence-corrected chi connectivity index (χ0v) is 13.1. The van der Waals surface area contributed by atoms with Crippen LogP contribution in [0.3, 0.4) is 0 Å². The van der Waals surface area contributed by atoms with Gasteiger partial charge in [0, 0.05) is 40.3 Å². The van der Waals surface area contributed by atoms with Crippen molar-refractivity contribution in [1.82, 2.24) is 19.8 Å². The molecule has 1 aliphatic heterocycles. The molecular formula is C14H23N5O2. The Balaban J connectivity index is 1.92. The van der Waals surface area contributed by atoms with E-state index in [1.165, 1.54) is 0 Å². The van der Waals surface area contributed by atoms with Crippen LogP contribution in [0, 0.1) is 0 Å². The molecule has 0 radical (unpaired) electrons. The molecule has 0 saturated carbocycles. The van der Waals surface area contributed by atoms with E-state index in [0.717, 1.165) is 31.9 Å². The molecule has 1 aliphatic rings. The van der Waals surface area contributed by atoms with Crippen molar-refractivity contribution in [2.24, 2.45) is 0 Å². The lowest BCUT2D eigenvalue weighted by atomic mass is 10.0. The van der Waals surface area contributed by atoms with Gasteiger partial charge in [0.05, 0.1) is 19.5 Å². The zero-order chi connectivity index (χ0) is 15.4. The van der Waals surface area contributed by atoms with E-state index < -0.39 is 0 Å². The maximum atomic E-state index is 12.0. The number of piperidine rings is 1. The molecule has 1 fully saturated rings. The summed E-state index contributed by atoms with van der Waals surface area (Å²) in [6.45, 7) is 1.70. The minimum Gasteiger partial charge on any atom is -0.494 e. The van der Waals surface area contributed by atoms with Gasteiger partial charge in [-0.05, 0) is 12.8 Å². The molecule has 0 aliphatic carbocycles. The van der Waals surface area contributed by atoms with Crippen LogP contribution in [-0.2, 0) is 0 Å². The summed E-state index contributed by atoms with van der Waals surface area (Å²) in [5.74, 6) is 1.38. The Morgan fingerprint density at radius 2 is 1.81 bits per heavy atom. The van der Waals surface area contributed by atoms with Gasteiger partial charge in [0.2, 0.25) is 5.95 Å². The van der Waals surface area contributed by atoms with E-state index in [9.17, 15) is 4.79 Å². The number of methoxy groups -OCH3 is 1. The van der Waals surface area contributed by atoms with Gasteiger partial charge in [-0.3, -0.25) is 0 Å². The van der Waals surface area contributed by atoms with Crippen molar-refractivity contribution in [3.8, 4) is 5.75 Å². The molecule has 2 heterocycles. The number of amides is 2. The highest BCUT2D eigenvalue weighted by Crippen LogP contribution is 2.20. The number of rotatable bonds is 3. The van der Waals surface area contributed by atoms with Crippen LogP contribution in [0.25, 0.3) is 0 Å². The third-order valence-corrected chi connectivity index (χ3v) is 3.83. The molecule has 1 saturated heterocycles. The van der Waals surface area contributed by atoms with Crippen molar-refractivity contribution in [2.75, 3.05) is 46.2 Å². The minimum absolute atomic E-state index is 0.0501. The van der Waals surface area contributed by atoms with Gasteiger partial charge < -0.3 is 19.4 Å². The van der Waals surface area contributed by atoms with E-state index in [-0.39, 0.29) is 12.1 Å². The molecule has 0 N–H and O–H groups in total. The smallest absolute Gasteiger partial charge is 0.319 e. The molecule has 21 heavy (non-hydrogen) atoms. The highest BCUT2D eigenvalue weighted by Gasteiger charge is 2.27. The van der Waals surface area contributed by atoms with E-state index in [4.69, 9.17) is 4.74 Å². The van der Waals surface area contributed by atoms with Crippen molar-refractivity contribution in [2.45, 2.75) is 18.9 Å². The third-order valence-electron chi connectivity index (χ3n) is 3.83. The fourth-order valence-electron chi connectivity index (χ4n) is 2.50. The number of hydrogen-bond donors (Lipinski definition) is 0. The number of carbonyl (C=O) groups is 1. The van der Waals surface area contributed by atoms with Crippen LogP contribution in [0.5, 0.6) is 5.75 Å². The van der Waals surface area contributed by atoms with Crippen LogP contribution in [-0.4, -0.2) is 73.2 Å². The summed E-state index contributed by atoms with van der Waals surface area (Å²) < 4.78 is 5.06. The lowest BCUT2D eigenvalue weighted by Gasteiger charge is -2.37. The molecule has 7 heteroatoms. The Labute approximate surface area is 125 Å². The number of carbonyl (C=O) groups excluding carboxylic acids is 1. The van der Waals surface area contributed by atoms with Crippen molar-refractivity contribution in [3.05, 3.63) is 12.4 Å². The molecule has 0 aromatic carbocycles. The molecule has 1 aromatic rings. The first-order valence-corrected chi connectivity index (χ1v) is 7.08. The topological polar surface area (TPSA) is 61.8 Å². The van der Waals surface area contributed by atoms with Crippen molar-refractivity contribution in [1.29, 1.82) is 0 Å². The third kappa shape index (κ3) is 3.53. The molecular weight excluding hydrogens is 270 g/mol. The van der Waals surface area contributed by atoms with Gasteiger partial charge in [-0.15, -0.1) is 0 Å². The van der Waals surface area contributed by atoms with Crippen molar-refractivity contribution in [3.63, 3.8) is 0 Å². The van der Waals surface area contributed by atoms with Gasteiger partial charge in [-0.1, -0.05) is 0 Å². The number of ether oxygens (including phenoxy) is 1. The van der Waals surface area contributed by atoms with Crippen LogP contribution in [0.2, 0.25) is 0 Å².